The van der Waals surface area contributed by atoms with E-state index >= 15 is 0 Å². The van der Waals surface area contributed by atoms with E-state index in [-0.39, 0.29) is 0 Å². The molecule has 0 saturated carbocycles. The third-order valence-corrected chi connectivity index (χ3v) is 1.61. The molecule has 1 rings (SSSR count). The van der Waals surface area contributed by atoms with Crippen LogP contribution in [0.25, 0.3) is 0 Å². The van der Waals surface area contributed by atoms with Gasteiger partial charge in [-0.2, -0.15) is 10.4 Å². The Morgan fingerprint density at radius 3 is 2.80 bits per heavy atom. The van der Waals surface area contributed by atoms with Gasteiger partial charge in [-0.15, -0.1) is 0 Å². The predicted molar refractivity (Wildman–Crippen MR) is 55.8 cm³/mol. The fourth-order valence-corrected chi connectivity index (χ4v) is 0.838. The first-order chi connectivity index (χ1) is 7.24. The zero-order valence-electron chi connectivity index (χ0n) is 7.92. The summed E-state index contributed by atoms with van der Waals surface area (Å²) >= 11 is 0. The average Bonchev–Trinajstić information content (AvgIpc) is 2.29. The Bertz CT molecular complexity index is 394. The summed E-state index contributed by atoms with van der Waals surface area (Å²) in [6.07, 6.45) is 1.47. The monoisotopic (exact) mass is 202 g/mol. The van der Waals surface area contributed by atoms with Gasteiger partial charge in [0.2, 0.25) is 0 Å². The fraction of sp³-hybridized carbons (Fsp3) is 0.100. The summed E-state index contributed by atoms with van der Waals surface area (Å²) in [5.74, 6) is -0.621. The highest BCUT2D eigenvalue weighted by molar-refractivity contribution is 5.86. The molecule has 0 spiro atoms. The zero-order chi connectivity index (χ0) is 11.1. The zero-order valence-corrected chi connectivity index (χ0v) is 7.92. The van der Waals surface area contributed by atoms with Gasteiger partial charge in [0.15, 0.2) is 6.04 Å². The molecule has 5 heteroatoms. The Hall–Kier alpha value is -2.19. The molecule has 0 radical (unpaired) electrons. The van der Waals surface area contributed by atoms with E-state index in [9.17, 15) is 4.79 Å². The van der Waals surface area contributed by atoms with E-state index in [0.29, 0.717) is 0 Å². The molecule has 1 unspecified atom stereocenters. The number of amides is 1. The number of hydrazone groups is 1. The molecule has 0 fully saturated rings. The molecule has 3 N–H and O–H groups in total. The average molecular weight is 202 g/mol. The summed E-state index contributed by atoms with van der Waals surface area (Å²) in [6.45, 7) is 0. The predicted octanol–water partition coefficient (Wildman–Crippen LogP) is -0.0124. The lowest BCUT2D eigenvalue weighted by Crippen LogP contribution is -2.36. The van der Waals surface area contributed by atoms with Gasteiger partial charge in [0.1, 0.15) is 0 Å². The summed E-state index contributed by atoms with van der Waals surface area (Å²) in [7, 11) is 0. The Kier molecular flexibility index (Phi) is 4.01. The van der Waals surface area contributed by atoms with Crippen molar-refractivity contribution in [3.8, 4) is 6.07 Å². The molecule has 0 aliphatic rings. The molecule has 15 heavy (non-hydrogen) atoms. The highest BCUT2D eigenvalue weighted by Gasteiger charge is 2.09. The normalized spacial score (nSPS) is 12.0. The van der Waals surface area contributed by atoms with Crippen LogP contribution < -0.4 is 11.2 Å². The summed E-state index contributed by atoms with van der Waals surface area (Å²) in [4.78, 5) is 11.0. The number of hydrogen-bond acceptors (Lipinski definition) is 4. The minimum absolute atomic E-state index is 0.621. The molecule has 0 aromatic heterocycles. The molecular weight excluding hydrogens is 192 g/mol. The van der Waals surface area contributed by atoms with Gasteiger partial charge < -0.3 is 5.73 Å². The number of carbonyl (C=O) groups is 1. The lowest BCUT2D eigenvalue weighted by molar-refractivity contribution is -0.121. The smallest absolute Gasteiger partial charge is 0.271 e. The first-order valence-electron chi connectivity index (χ1n) is 4.27. The fourth-order valence-electron chi connectivity index (χ4n) is 0.838. The quantitative estimate of drug-likeness (QED) is 0.533. The van der Waals surface area contributed by atoms with E-state index in [2.05, 4.69) is 10.5 Å². The van der Waals surface area contributed by atoms with Gasteiger partial charge in [-0.3, -0.25) is 4.79 Å². The van der Waals surface area contributed by atoms with E-state index in [0.717, 1.165) is 5.56 Å². The van der Waals surface area contributed by atoms with Gasteiger partial charge in [0.25, 0.3) is 5.91 Å². The van der Waals surface area contributed by atoms with Crippen molar-refractivity contribution in [3.05, 3.63) is 35.9 Å². The minimum atomic E-state index is -1.18. The highest BCUT2D eigenvalue weighted by Crippen LogP contribution is 1.93. The van der Waals surface area contributed by atoms with E-state index in [1.807, 2.05) is 30.3 Å². The molecule has 0 saturated heterocycles. The highest BCUT2D eigenvalue weighted by atomic mass is 16.2. The second kappa shape index (κ2) is 5.52. The summed E-state index contributed by atoms with van der Waals surface area (Å²) in [5.41, 5.74) is 8.16. The minimum Gasteiger partial charge on any atom is -0.308 e. The molecule has 76 valence electrons. The number of nitriles is 1. The van der Waals surface area contributed by atoms with Crippen LogP contribution in [0.1, 0.15) is 5.56 Å². The Labute approximate surface area is 87.2 Å². The van der Waals surface area contributed by atoms with Crippen LogP contribution >= 0.6 is 0 Å². The van der Waals surface area contributed by atoms with Crippen LogP contribution in [-0.2, 0) is 4.79 Å². The van der Waals surface area contributed by atoms with Gasteiger partial charge >= 0.3 is 0 Å². The third-order valence-electron chi connectivity index (χ3n) is 1.61. The van der Waals surface area contributed by atoms with Gasteiger partial charge in [-0.25, -0.2) is 5.43 Å². The van der Waals surface area contributed by atoms with Gasteiger partial charge in [0.05, 0.1) is 12.3 Å². The van der Waals surface area contributed by atoms with Crippen molar-refractivity contribution in [2.75, 3.05) is 0 Å². The van der Waals surface area contributed by atoms with E-state index in [4.69, 9.17) is 11.0 Å². The Morgan fingerprint density at radius 1 is 1.53 bits per heavy atom. The molecule has 1 aromatic rings. The summed E-state index contributed by atoms with van der Waals surface area (Å²) in [6, 6.07) is 9.67. The number of nitrogens with zero attached hydrogens (tertiary/aromatic N) is 2. The van der Waals surface area contributed by atoms with Crippen molar-refractivity contribution in [2.45, 2.75) is 6.04 Å². The first-order valence-corrected chi connectivity index (χ1v) is 4.27. The van der Waals surface area contributed by atoms with Crippen LogP contribution in [0.4, 0.5) is 0 Å². The molecular formula is C10H10N4O. The summed E-state index contributed by atoms with van der Waals surface area (Å²) < 4.78 is 0. The molecule has 5 nitrogen and oxygen atoms in total. The van der Waals surface area contributed by atoms with Crippen LogP contribution in [0.15, 0.2) is 35.4 Å². The summed E-state index contributed by atoms with van der Waals surface area (Å²) in [5, 5.41) is 12.0. The maximum absolute atomic E-state index is 11.0. The number of benzene rings is 1. The molecule has 0 aliphatic carbocycles. The lowest BCUT2D eigenvalue weighted by Gasteiger charge is -1.99. The Balaban J connectivity index is 2.48. The van der Waals surface area contributed by atoms with E-state index in [1.54, 1.807) is 6.07 Å². The molecule has 0 heterocycles. The van der Waals surface area contributed by atoms with Crippen molar-refractivity contribution >= 4 is 12.1 Å². The number of rotatable bonds is 3. The van der Waals surface area contributed by atoms with Gasteiger partial charge in [0, 0.05) is 0 Å². The van der Waals surface area contributed by atoms with Crippen molar-refractivity contribution in [1.82, 2.24) is 5.43 Å². The van der Waals surface area contributed by atoms with Gasteiger partial charge in [-0.1, -0.05) is 30.3 Å². The lowest BCUT2D eigenvalue weighted by atomic mass is 10.2. The molecule has 1 amide bonds. The van der Waals surface area contributed by atoms with Crippen LogP contribution in [0.5, 0.6) is 0 Å². The van der Waals surface area contributed by atoms with Crippen LogP contribution in [0, 0.1) is 11.3 Å². The molecule has 0 bridgehead atoms. The van der Waals surface area contributed by atoms with Crippen LogP contribution in [-0.4, -0.2) is 18.2 Å². The van der Waals surface area contributed by atoms with Crippen molar-refractivity contribution in [2.24, 2.45) is 10.8 Å². The number of carbonyl (C=O) groups excluding carboxylic acids is 1. The van der Waals surface area contributed by atoms with Crippen molar-refractivity contribution < 1.29 is 4.79 Å². The third kappa shape index (κ3) is 3.58. The van der Waals surface area contributed by atoms with Crippen LogP contribution in [0.3, 0.4) is 0 Å². The standard InChI is InChI=1S/C10H10N4O/c11-6-9(12)10(15)14-13-7-8-4-2-1-3-5-8/h1-5,7,9H,12H2,(H,14,15). The van der Waals surface area contributed by atoms with Crippen LogP contribution in [0.2, 0.25) is 0 Å². The second-order valence-corrected chi connectivity index (χ2v) is 2.75. The Morgan fingerprint density at radius 2 is 2.20 bits per heavy atom. The molecule has 0 aliphatic heterocycles. The van der Waals surface area contributed by atoms with E-state index < -0.39 is 11.9 Å². The van der Waals surface area contributed by atoms with Gasteiger partial charge in [-0.05, 0) is 5.56 Å². The maximum Gasteiger partial charge on any atom is 0.271 e. The maximum atomic E-state index is 11.0. The second-order valence-electron chi connectivity index (χ2n) is 2.75. The first kappa shape index (κ1) is 10.9. The molecule has 1 atom stereocenters. The number of nitrogens with two attached hydrogens (primary N) is 1. The molecule has 1 aromatic carbocycles. The van der Waals surface area contributed by atoms with Crippen molar-refractivity contribution in [1.29, 1.82) is 5.26 Å². The van der Waals surface area contributed by atoms with E-state index in [1.165, 1.54) is 6.21 Å². The SMILES string of the molecule is N#CC(N)C(=O)NN=Cc1ccccc1. The number of hydrogen-bond donors (Lipinski definition) is 2. The largest absolute Gasteiger partial charge is 0.308 e. The van der Waals surface area contributed by atoms with Crippen molar-refractivity contribution in [3.63, 3.8) is 0 Å². The number of nitrogens with one attached hydrogen (secondary N) is 1. The topological polar surface area (TPSA) is 91.3 Å².